The van der Waals surface area contributed by atoms with E-state index in [1.807, 2.05) is 36.4 Å². The van der Waals surface area contributed by atoms with E-state index in [1.165, 1.54) is 12.5 Å². The fraction of sp³-hybridized carbons (Fsp3) is 0.176. The zero-order valence-electron chi connectivity index (χ0n) is 11.9. The number of aromatic amines is 1. The van der Waals surface area contributed by atoms with Crippen molar-refractivity contribution in [3.8, 4) is 11.4 Å². The molecule has 0 bridgehead atoms. The third-order valence-electron chi connectivity index (χ3n) is 3.38. The van der Waals surface area contributed by atoms with Gasteiger partial charge in [0.2, 0.25) is 5.91 Å². The highest BCUT2D eigenvalue weighted by Crippen LogP contribution is 2.21. The predicted octanol–water partition coefficient (Wildman–Crippen LogP) is 2.91. The molecular formula is C17H17N3O. The summed E-state index contributed by atoms with van der Waals surface area (Å²) in [5.41, 5.74) is 4.24. The SMILES string of the molecule is CC(=O)NCCc1ccc2nc(-c3ccccc3)[nH]c2c1. The van der Waals surface area contributed by atoms with E-state index in [1.54, 1.807) is 0 Å². The second-order valence-electron chi connectivity index (χ2n) is 5.04. The number of hydrogen-bond donors (Lipinski definition) is 2. The number of nitrogens with one attached hydrogen (secondary N) is 2. The van der Waals surface area contributed by atoms with Crippen LogP contribution in [0.2, 0.25) is 0 Å². The molecule has 2 aromatic carbocycles. The lowest BCUT2D eigenvalue weighted by Gasteiger charge is -2.02. The third-order valence-corrected chi connectivity index (χ3v) is 3.38. The van der Waals surface area contributed by atoms with Gasteiger partial charge in [0.15, 0.2) is 0 Å². The Labute approximate surface area is 123 Å². The molecule has 106 valence electrons. The number of hydrogen-bond acceptors (Lipinski definition) is 2. The van der Waals surface area contributed by atoms with E-state index in [0.29, 0.717) is 6.54 Å². The largest absolute Gasteiger partial charge is 0.356 e. The minimum absolute atomic E-state index is 0.00369. The first-order chi connectivity index (χ1) is 10.2. The van der Waals surface area contributed by atoms with Crippen molar-refractivity contribution in [3.05, 3.63) is 54.1 Å². The van der Waals surface area contributed by atoms with Gasteiger partial charge in [0, 0.05) is 19.0 Å². The minimum Gasteiger partial charge on any atom is -0.356 e. The van der Waals surface area contributed by atoms with Gasteiger partial charge in [-0.25, -0.2) is 4.98 Å². The Hall–Kier alpha value is -2.62. The first kappa shape index (κ1) is 13.4. The van der Waals surface area contributed by atoms with Crippen LogP contribution in [-0.4, -0.2) is 22.4 Å². The van der Waals surface area contributed by atoms with Gasteiger partial charge in [-0.1, -0.05) is 36.4 Å². The first-order valence-electron chi connectivity index (χ1n) is 7.01. The lowest BCUT2D eigenvalue weighted by atomic mass is 10.1. The van der Waals surface area contributed by atoms with Gasteiger partial charge in [-0.2, -0.15) is 0 Å². The summed E-state index contributed by atoms with van der Waals surface area (Å²) in [6.07, 6.45) is 0.815. The summed E-state index contributed by atoms with van der Waals surface area (Å²) in [5, 5.41) is 2.81. The van der Waals surface area contributed by atoms with Crippen molar-refractivity contribution in [2.45, 2.75) is 13.3 Å². The van der Waals surface area contributed by atoms with Gasteiger partial charge in [-0.15, -0.1) is 0 Å². The summed E-state index contributed by atoms with van der Waals surface area (Å²) < 4.78 is 0. The molecule has 0 unspecified atom stereocenters. The Morgan fingerprint density at radius 3 is 2.76 bits per heavy atom. The molecule has 0 saturated carbocycles. The fourth-order valence-corrected chi connectivity index (χ4v) is 2.33. The maximum atomic E-state index is 10.9. The van der Waals surface area contributed by atoms with Crippen molar-refractivity contribution in [2.75, 3.05) is 6.54 Å². The van der Waals surface area contributed by atoms with E-state index >= 15 is 0 Å². The topological polar surface area (TPSA) is 57.8 Å². The van der Waals surface area contributed by atoms with E-state index in [9.17, 15) is 4.79 Å². The molecule has 0 saturated heterocycles. The second-order valence-corrected chi connectivity index (χ2v) is 5.04. The fourth-order valence-electron chi connectivity index (χ4n) is 2.33. The number of carbonyl (C=O) groups excluding carboxylic acids is 1. The van der Waals surface area contributed by atoms with Crippen molar-refractivity contribution in [3.63, 3.8) is 0 Å². The van der Waals surface area contributed by atoms with E-state index in [0.717, 1.165) is 28.8 Å². The Morgan fingerprint density at radius 1 is 1.19 bits per heavy atom. The molecule has 1 heterocycles. The van der Waals surface area contributed by atoms with Gasteiger partial charge < -0.3 is 10.3 Å². The van der Waals surface area contributed by atoms with Crippen LogP contribution in [0.25, 0.3) is 22.4 Å². The van der Waals surface area contributed by atoms with E-state index < -0.39 is 0 Å². The first-order valence-corrected chi connectivity index (χ1v) is 7.01. The van der Waals surface area contributed by atoms with E-state index in [-0.39, 0.29) is 5.91 Å². The molecule has 21 heavy (non-hydrogen) atoms. The number of fused-ring (bicyclic) bond motifs is 1. The van der Waals surface area contributed by atoms with Crippen molar-refractivity contribution in [1.82, 2.24) is 15.3 Å². The van der Waals surface area contributed by atoms with Gasteiger partial charge in [0.25, 0.3) is 0 Å². The summed E-state index contributed by atoms with van der Waals surface area (Å²) in [4.78, 5) is 18.8. The lowest BCUT2D eigenvalue weighted by molar-refractivity contribution is -0.118. The molecule has 3 aromatic rings. The molecular weight excluding hydrogens is 262 g/mol. The summed E-state index contributed by atoms with van der Waals surface area (Å²) in [7, 11) is 0. The number of carbonyl (C=O) groups is 1. The van der Waals surface area contributed by atoms with Crippen molar-refractivity contribution in [2.24, 2.45) is 0 Å². The van der Waals surface area contributed by atoms with E-state index in [4.69, 9.17) is 0 Å². The van der Waals surface area contributed by atoms with Crippen LogP contribution in [0.1, 0.15) is 12.5 Å². The Morgan fingerprint density at radius 2 is 2.00 bits per heavy atom. The van der Waals surface area contributed by atoms with Gasteiger partial charge in [-0.3, -0.25) is 4.79 Å². The van der Waals surface area contributed by atoms with Gasteiger partial charge >= 0.3 is 0 Å². The molecule has 4 nitrogen and oxygen atoms in total. The molecule has 2 N–H and O–H groups in total. The molecule has 4 heteroatoms. The van der Waals surface area contributed by atoms with E-state index in [2.05, 4.69) is 27.4 Å². The molecule has 0 atom stereocenters. The van der Waals surface area contributed by atoms with Gasteiger partial charge in [0.05, 0.1) is 11.0 Å². The van der Waals surface area contributed by atoms with Crippen molar-refractivity contribution < 1.29 is 4.79 Å². The Bertz CT molecular complexity index is 762. The number of amides is 1. The quantitative estimate of drug-likeness (QED) is 0.771. The molecule has 0 radical (unpaired) electrons. The third kappa shape index (κ3) is 3.11. The molecule has 0 aliphatic carbocycles. The standard InChI is InChI=1S/C17H17N3O/c1-12(21)18-10-9-13-7-8-15-16(11-13)20-17(19-15)14-5-3-2-4-6-14/h2-8,11H,9-10H2,1H3,(H,18,21)(H,19,20). The number of nitrogens with zero attached hydrogens (tertiary/aromatic N) is 1. The highest BCUT2D eigenvalue weighted by Gasteiger charge is 2.05. The summed E-state index contributed by atoms with van der Waals surface area (Å²) in [6, 6.07) is 16.2. The smallest absolute Gasteiger partial charge is 0.216 e. The summed E-state index contributed by atoms with van der Waals surface area (Å²) in [5.74, 6) is 0.883. The number of H-pyrrole nitrogens is 1. The number of imidazole rings is 1. The van der Waals surface area contributed by atoms with Crippen molar-refractivity contribution >= 4 is 16.9 Å². The van der Waals surface area contributed by atoms with Crippen LogP contribution in [0.4, 0.5) is 0 Å². The molecule has 0 spiro atoms. The maximum absolute atomic E-state index is 10.9. The molecule has 1 aromatic heterocycles. The Balaban J connectivity index is 1.83. The average molecular weight is 279 g/mol. The lowest BCUT2D eigenvalue weighted by Crippen LogP contribution is -2.22. The summed E-state index contributed by atoms with van der Waals surface area (Å²) in [6.45, 7) is 2.19. The predicted molar refractivity (Wildman–Crippen MR) is 83.9 cm³/mol. The second kappa shape index (κ2) is 5.79. The van der Waals surface area contributed by atoms with Gasteiger partial charge in [0.1, 0.15) is 5.82 Å². The summed E-state index contributed by atoms with van der Waals surface area (Å²) >= 11 is 0. The number of aromatic nitrogens is 2. The monoisotopic (exact) mass is 279 g/mol. The van der Waals surface area contributed by atoms with Crippen molar-refractivity contribution in [1.29, 1.82) is 0 Å². The van der Waals surface area contributed by atoms with Crippen LogP contribution in [0.5, 0.6) is 0 Å². The minimum atomic E-state index is 0.00369. The normalized spacial score (nSPS) is 10.7. The molecule has 1 amide bonds. The number of rotatable bonds is 4. The zero-order chi connectivity index (χ0) is 14.7. The van der Waals surface area contributed by atoms with Crippen LogP contribution in [-0.2, 0) is 11.2 Å². The van der Waals surface area contributed by atoms with Gasteiger partial charge in [-0.05, 0) is 24.1 Å². The molecule has 0 fully saturated rings. The average Bonchev–Trinajstić information content (AvgIpc) is 2.91. The van der Waals surface area contributed by atoms with Crippen LogP contribution >= 0.6 is 0 Å². The van der Waals surface area contributed by atoms with Crippen LogP contribution < -0.4 is 5.32 Å². The molecule has 0 aliphatic rings. The zero-order valence-corrected chi connectivity index (χ0v) is 11.9. The van der Waals surface area contributed by atoms with Crippen LogP contribution in [0, 0.1) is 0 Å². The van der Waals surface area contributed by atoms with Crippen LogP contribution in [0.15, 0.2) is 48.5 Å². The molecule has 0 aliphatic heterocycles. The Kier molecular flexibility index (Phi) is 3.69. The van der Waals surface area contributed by atoms with Crippen LogP contribution in [0.3, 0.4) is 0 Å². The number of benzene rings is 2. The molecule has 3 rings (SSSR count). The highest BCUT2D eigenvalue weighted by molar-refractivity contribution is 5.80. The highest BCUT2D eigenvalue weighted by atomic mass is 16.1. The maximum Gasteiger partial charge on any atom is 0.216 e.